The topological polar surface area (TPSA) is 92.3 Å². The number of anilines is 1. The number of hydrogen-bond acceptors (Lipinski definition) is 8. The molecule has 3 aliphatic rings. The summed E-state index contributed by atoms with van der Waals surface area (Å²) < 4.78 is 6.97. The molecule has 1 atom stereocenters. The van der Waals surface area contributed by atoms with Crippen molar-refractivity contribution in [3.05, 3.63) is 36.4 Å². The number of benzene rings is 1. The molecule has 1 aromatic carbocycles. The summed E-state index contributed by atoms with van der Waals surface area (Å²) in [7, 11) is 0. The van der Waals surface area contributed by atoms with Crippen molar-refractivity contribution in [1.82, 2.24) is 25.2 Å². The van der Waals surface area contributed by atoms with E-state index in [0.29, 0.717) is 29.9 Å². The summed E-state index contributed by atoms with van der Waals surface area (Å²) in [6.07, 6.45) is 10.8. The fourth-order valence-electron chi connectivity index (χ4n) is 5.66. The van der Waals surface area contributed by atoms with Crippen LogP contribution in [0.4, 0.5) is 5.13 Å². The number of fused-ring (bicyclic) bond motifs is 1. The van der Waals surface area contributed by atoms with E-state index in [9.17, 15) is 4.79 Å². The van der Waals surface area contributed by atoms with E-state index in [1.807, 2.05) is 24.5 Å². The first-order chi connectivity index (χ1) is 17.6. The average molecular weight is 507 g/mol. The Bertz CT molecular complexity index is 1200. The molecule has 1 amide bonds. The van der Waals surface area contributed by atoms with Gasteiger partial charge in [0.2, 0.25) is 5.91 Å². The van der Waals surface area contributed by atoms with Crippen LogP contribution < -0.4 is 10.6 Å². The number of piperazine rings is 1. The molecule has 1 saturated heterocycles. The van der Waals surface area contributed by atoms with Gasteiger partial charge in [0.1, 0.15) is 6.61 Å². The van der Waals surface area contributed by atoms with Crippen LogP contribution in [0.3, 0.4) is 0 Å². The maximum atomic E-state index is 12.8. The van der Waals surface area contributed by atoms with Gasteiger partial charge in [-0.1, -0.05) is 30.2 Å². The summed E-state index contributed by atoms with van der Waals surface area (Å²) in [6.45, 7) is 5.88. The molecule has 6 rings (SSSR count). The highest BCUT2D eigenvalue weighted by Gasteiger charge is 2.40. The minimum Gasteiger partial charge on any atom is -0.370 e. The molecule has 36 heavy (non-hydrogen) atoms. The third kappa shape index (κ3) is 5.16. The molecule has 2 saturated carbocycles. The second-order valence-corrected chi connectivity index (χ2v) is 11.4. The Balaban J connectivity index is 1.05. The number of nitrogens with zero attached hydrogens (tertiary/aromatic N) is 4. The summed E-state index contributed by atoms with van der Waals surface area (Å²) in [5.74, 6) is 0.893. The highest BCUT2D eigenvalue weighted by molar-refractivity contribution is 7.22. The molecule has 9 heteroatoms. The van der Waals surface area contributed by atoms with E-state index in [1.54, 1.807) is 0 Å². The molecule has 2 aromatic heterocycles. The smallest absolute Gasteiger partial charge is 0.229 e. The molecule has 3 aromatic rings. The number of rotatable bonds is 7. The summed E-state index contributed by atoms with van der Waals surface area (Å²) in [4.78, 5) is 29.1. The van der Waals surface area contributed by atoms with Crippen molar-refractivity contribution in [3.63, 3.8) is 0 Å². The van der Waals surface area contributed by atoms with Crippen molar-refractivity contribution in [1.29, 1.82) is 0 Å². The molecular formula is C27H34N6O2S. The predicted octanol–water partition coefficient (Wildman–Crippen LogP) is 4.22. The van der Waals surface area contributed by atoms with E-state index >= 15 is 0 Å². The van der Waals surface area contributed by atoms with Gasteiger partial charge in [-0.2, -0.15) is 0 Å². The minimum absolute atomic E-state index is 0.0768. The van der Waals surface area contributed by atoms with E-state index in [1.165, 1.54) is 24.2 Å². The molecule has 1 aliphatic heterocycles. The first kappa shape index (κ1) is 23.9. The van der Waals surface area contributed by atoms with E-state index in [4.69, 9.17) is 4.74 Å². The van der Waals surface area contributed by atoms with E-state index in [2.05, 4.69) is 43.5 Å². The largest absolute Gasteiger partial charge is 0.370 e. The number of nitrogens with one attached hydrogen (secondary N) is 2. The highest BCUT2D eigenvalue weighted by Crippen LogP contribution is 2.35. The van der Waals surface area contributed by atoms with Crippen LogP contribution in [0.15, 0.2) is 30.6 Å². The van der Waals surface area contributed by atoms with Crippen molar-refractivity contribution < 1.29 is 9.53 Å². The Kier molecular flexibility index (Phi) is 6.97. The molecule has 2 aliphatic carbocycles. The number of carbonyl (C=O) groups is 1. The molecular weight excluding hydrogens is 472 g/mol. The lowest BCUT2D eigenvalue weighted by molar-refractivity contribution is -0.125. The SMILES string of the molecule is C[C@H]1CNCCN1[C@H]1C[C@@H](C(=O)Nc2nc3ccc(-c4cnc(COC5CCCC5)nc4)cc3s2)C1. The van der Waals surface area contributed by atoms with E-state index < -0.39 is 0 Å². The first-order valence-electron chi connectivity index (χ1n) is 13.2. The summed E-state index contributed by atoms with van der Waals surface area (Å²) in [5, 5.41) is 7.18. The lowest BCUT2D eigenvalue weighted by atomic mass is 9.78. The van der Waals surface area contributed by atoms with Crippen LogP contribution >= 0.6 is 11.3 Å². The third-order valence-electron chi connectivity index (χ3n) is 7.91. The second-order valence-electron chi connectivity index (χ2n) is 10.4. The Hall–Kier alpha value is -2.46. The van der Waals surface area contributed by atoms with Gasteiger partial charge in [0.05, 0.1) is 16.3 Å². The average Bonchev–Trinajstić information content (AvgIpc) is 3.52. The molecule has 0 unspecified atom stereocenters. The fourth-order valence-corrected chi connectivity index (χ4v) is 6.57. The number of amides is 1. The number of carbonyl (C=O) groups excluding carboxylic acids is 1. The van der Waals surface area contributed by atoms with Crippen LogP contribution in [0.1, 0.15) is 51.3 Å². The van der Waals surface area contributed by atoms with Crippen LogP contribution in [0.2, 0.25) is 0 Å². The first-order valence-corrected chi connectivity index (χ1v) is 14.0. The van der Waals surface area contributed by atoms with Crippen molar-refractivity contribution >= 4 is 32.6 Å². The second kappa shape index (κ2) is 10.5. The lowest BCUT2D eigenvalue weighted by Crippen LogP contribution is -2.58. The summed E-state index contributed by atoms with van der Waals surface area (Å²) >= 11 is 1.52. The van der Waals surface area contributed by atoms with Gasteiger partial charge in [0.15, 0.2) is 11.0 Å². The van der Waals surface area contributed by atoms with Crippen molar-refractivity contribution in [2.45, 2.75) is 70.2 Å². The van der Waals surface area contributed by atoms with Crippen LogP contribution in [-0.2, 0) is 16.1 Å². The zero-order valence-electron chi connectivity index (χ0n) is 20.8. The van der Waals surface area contributed by atoms with Crippen LogP contribution in [0.5, 0.6) is 0 Å². The Labute approximate surface area is 215 Å². The van der Waals surface area contributed by atoms with Crippen LogP contribution in [0.25, 0.3) is 21.3 Å². The number of aromatic nitrogens is 3. The lowest BCUT2D eigenvalue weighted by Gasteiger charge is -2.47. The standard InChI is InChI=1S/C27H34N6O2S/c1-17-13-28-8-9-33(17)21-10-19(11-21)26(34)32-27-31-23-7-6-18(12-24(23)36-27)20-14-29-25(30-15-20)16-35-22-4-2-3-5-22/h6-7,12,14-15,17,19,21-22,28H,2-5,8-11,13,16H2,1H3,(H,31,32,34)/t17-,19-,21+/m0/s1. The Morgan fingerprint density at radius 3 is 2.78 bits per heavy atom. The fraction of sp³-hybridized carbons (Fsp3) is 0.556. The quantitative estimate of drug-likeness (QED) is 0.496. The maximum absolute atomic E-state index is 12.8. The normalized spacial score (nSPS) is 25.2. The number of ether oxygens (including phenoxy) is 1. The summed E-state index contributed by atoms with van der Waals surface area (Å²) in [6, 6.07) is 7.20. The van der Waals surface area contributed by atoms with Gasteiger partial charge < -0.3 is 15.4 Å². The predicted molar refractivity (Wildman–Crippen MR) is 142 cm³/mol. The van der Waals surface area contributed by atoms with Gasteiger partial charge >= 0.3 is 0 Å². The Morgan fingerprint density at radius 1 is 1.19 bits per heavy atom. The molecule has 0 radical (unpaired) electrons. The molecule has 0 bridgehead atoms. The molecule has 3 fully saturated rings. The van der Waals surface area contributed by atoms with E-state index in [-0.39, 0.29) is 11.8 Å². The van der Waals surface area contributed by atoms with Crippen LogP contribution in [0, 0.1) is 5.92 Å². The van der Waals surface area contributed by atoms with Crippen molar-refractivity contribution in [2.75, 3.05) is 25.0 Å². The van der Waals surface area contributed by atoms with Crippen LogP contribution in [-0.4, -0.2) is 63.6 Å². The molecule has 3 heterocycles. The molecule has 0 spiro atoms. The monoisotopic (exact) mass is 506 g/mol. The Morgan fingerprint density at radius 2 is 2.00 bits per heavy atom. The number of hydrogen-bond donors (Lipinski definition) is 2. The van der Waals surface area contributed by atoms with Gasteiger partial charge in [0.25, 0.3) is 0 Å². The molecule has 190 valence electrons. The van der Waals surface area contributed by atoms with E-state index in [0.717, 1.165) is 72.5 Å². The van der Waals surface area contributed by atoms with Gasteiger partial charge in [-0.3, -0.25) is 9.69 Å². The summed E-state index contributed by atoms with van der Waals surface area (Å²) in [5.41, 5.74) is 2.89. The maximum Gasteiger partial charge on any atom is 0.229 e. The van der Waals surface area contributed by atoms with Gasteiger partial charge in [-0.05, 0) is 50.3 Å². The number of thiazole rings is 1. The van der Waals surface area contributed by atoms with Gasteiger partial charge in [-0.25, -0.2) is 15.0 Å². The van der Waals surface area contributed by atoms with Crippen molar-refractivity contribution in [2.24, 2.45) is 5.92 Å². The minimum atomic E-state index is 0.0768. The molecule has 8 nitrogen and oxygen atoms in total. The van der Waals surface area contributed by atoms with Gasteiger partial charge in [0, 0.05) is 55.6 Å². The highest BCUT2D eigenvalue weighted by atomic mass is 32.1. The van der Waals surface area contributed by atoms with Crippen molar-refractivity contribution in [3.8, 4) is 11.1 Å². The third-order valence-corrected chi connectivity index (χ3v) is 8.85. The molecule has 2 N–H and O–H groups in total. The zero-order chi connectivity index (χ0) is 24.5. The zero-order valence-corrected chi connectivity index (χ0v) is 21.6. The van der Waals surface area contributed by atoms with Gasteiger partial charge in [-0.15, -0.1) is 0 Å².